The largest absolute Gasteiger partial charge is 0.463 e. The van der Waals surface area contributed by atoms with Gasteiger partial charge in [0.15, 0.2) is 18.1 Å². The van der Waals surface area contributed by atoms with Crippen molar-refractivity contribution < 1.29 is 18.5 Å². The van der Waals surface area contributed by atoms with Gasteiger partial charge in [0.2, 0.25) is 0 Å². The quantitative estimate of drug-likeness (QED) is 0.681. The Balaban J connectivity index is 1.67. The van der Waals surface area contributed by atoms with Crippen molar-refractivity contribution in [2.75, 3.05) is 11.9 Å². The van der Waals surface area contributed by atoms with Crippen molar-refractivity contribution in [2.24, 2.45) is 0 Å². The van der Waals surface area contributed by atoms with Crippen LogP contribution in [0.5, 0.6) is 0 Å². The van der Waals surface area contributed by atoms with Crippen LogP contribution in [0.1, 0.15) is 17.1 Å². The molecule has 25 heavy (non-hydrogen) atoms. The Morgan fingerprint density at radius 2 is 1.72 bits per heavy atom. The third kappa shape index (κ3) is 4.98. The zero-order valence-corrected chi connectivity index (χ0v) is 14.7. The number of carbonyl (C=O) groups excluding carboxylic acids is 1. The van der Waals surface area contributed by atoms with E-state index in [0.717, 1.165) is 27.7 Å². The average Bonchev–Trinajstić information content (AvgIpc) is 3.25. The van der Waals surface area contributed by atoms with Crippen molar-refractivity contribution in [1.82, 2.24) is 0 Å². The maximum absolute atomic E-state index is 12.5. The number of amides is 1. The molecule has 0 atom stereocenters. The summed E-state index contributed by atoms with van der Waals surface area (Å²) in [6, 6.07) is 12.9. The van der Waals surface area contributed by atoms with E-state index in [4.69, 9.17) is 20.4 Å². The maximum Gasteiger partial charge on any atom is 0.279 e. The van der Waals surface area contributed by atoms with E-state index in [0.29, 0.717) is 18.1 Å². The van der Waals surface area contributed by atoms with Crippen LogP contribution in [0, 0.1) is 6.92 Å². The van der Waals surface area contributed by atoms with E-state index >= 15 is 0 Å². The molecule has 3 aromatic rings. The zero-order valence-electron chi connectivity index (χ0n) is 13.9. The Kier molecular flexibility index (Phi) is 5.58. The van der Waals surface area contributed by atoms with Crippen LogP contribution in [0.4, 0.5) is 5.69 Å². The van der Waals surface area contributed by atoms with Crippen molar-refractivity contribution >= 4 is 23.2 Å². The zero-order chi connectivity index (χ0) is 17.6. The first-order valence-electron chi connectivity index (χ1n) is 8.04. The van der Waals surface area contributed by atoms with Crippen molar-refractivity contribution in [2.45, 2.75) is 20.0 Å². The molecule has 0 aliphatic rings. The number of rotatable bonds is 7. The molecule has 6 heteroatoms. The molecule has 0 radical (unpaired) electrons. The number of quaternary nitrogens is 1. The van der Waals surface area contributed by atoms with E-state index in [2.05, 4.69) is 5.32 Å². The highest BCUT2D eigenvalue weighted by Gasteiger charge is 2.19. The van der Waals surface area contributed by atoms with Gasteiger partial charge in [-0.05, 0) is 48.9 Å². The minimum Gasteiger partial charge on any atom is -0.463 e. The van der Waals surface area contributed by atoms with Crippen LogP contribution in [0.3, 0.4) is 0 Å². The van der Waals surface area contributed by atoms with Gasteiger partial charge in [0, 0.05) is 10.7 Å². The minimum absolute atomic E-state index is 0.0847. The number of halogens is 1. The number of furan rings is 2. The van der Waals surface area contributed by atoms with Gasteiger partial charge in [0.1, 0.15) is 13.1 Å². The summed E-state index contributed by atoms with van der Waals surface area (Å²) in [4.78, 5) is 13.5. The fraction of sp³-hybridized carbons (Fsp3) is 0.211. The van der Waals surface area contributed by atoms with Crippen LogP contribution in [0.2, 0.25) is 5.02 Å². The number of aryl methyl sites for hydroxylation is 1. The summed E-state index contributed by atoms with van der Waals surface area (Å²) in [6.07, 6.45) is 3.27. The Labute approximate surface area is 151 Å². The topological polar surface area (TPSA) is 59.8 Å². The molecule has 1 amide bonds. The molecule has 0 unspecified atom stereocenters. The normalized spacial score (nSPS) is 11.0. The Morgan fingerprint density at radius 3 is 2.28 bits per heavy atom. The number of hydrogen-bond donors (Lipinski definition) is 2. The summed E-state index contributed by atoms with van der Waals surface area (Å²) >= 11 is 6.01. The van der Waals surface area contributed by atoms with E-state index in [9.17, 15) is 4.79 Å². The van der Waals surface area contributed by atoms with Crippen LogP contribution in [0.15, 0.2) is 63.8 Å². The minimum atomic E-state index is -0.0847. The molecule has 0 fully saturated rings. The van der Waals surface area contributed by atoms with Crippen molar-refractivity contribution in [3.8, 4) is 0 Å². The third-order valence-corrected chi connectivity index (χ3v) is 4.13. The molecule has 130 valence electrons. The molecule has 0 aliphatic heterocycles. The van der Waals surface area contributed by atoms with Gasteiger partial charge in [-0.3, -0.25) is 4.79 Å². The molecule has 0 saturated carbocycles. The highest BCUT2D eigenvalue weighted by Crippen LogP contribution is 2.19. The van der Waals surface area contributed by atoms with Crippen LogP contribution < -0.4 is 10.2 Å². The van der Waals surface area contributed by atoms with Crippen molar-refractivity contribution in [3.63, 3.8) is 0 Å². The summed E-state index contributed by atoms with van der Waals surface area (Å²) in [5, 5.41) is 3.53. The Bertz CT molecular complexity index is 777. The molecule has 0 spiro atoms. The first-order chi connectivity index (χ1) is 12.1. The number of hydrogen-bond acceptors (Lipinski definition) is 3. The van der Waals surface area contributed by atoms with Crippen molar-refractivity contribution in [1.29, 1.82) is 0 Å². The van der Waals surface area contributed by atoms with E-state index in [1.165, 1.54) is 0 Å². The molecule has 2 heterocycles. The molecular formula is C19H20ClN2O3+. The smallest absolute Gasteiger partial charge is 0.279 e. The summed E-state index contributed by atoms with van der Waals surface area (Å²) in [7, 11) is 0. The highest BCUT2D eigenvalue weighted by atomic mass is 35.5. The fourth-order valence-electron chi connectivity index (χ4n) is 2.66. The summed E-state index contributed by atoms with van der Waals surface area (Å²) in [6.45, 7) is 3.40. The molecular weight excluding hydrogens is 340 g/mol. The van der Waals surface area contributed by atoms with Gasteiger partial charge in [0.05, 0.1) is 12.5 Å². The molecule has 2 aromatic heterocycles. The van der Waals surface area contributed by atoms with Gasteiger partial charge in [0.25, 0.3) is 5.91 Å². The number of nitrogens with one attached hydrogen (secondary N) is 2. The molecule has 0 saturated heterocycles. The first kappa shape index (κ1) is 17.3. The lowest BCUT2D eigenvalue weighted by Gasteiger charge is -2.17. The van der Waals surface area contributed by atoms with Crippen LogP contribution >= 0.6 is 11.6 Å². The predicted molar refractivity (Wildman–Crippen MR) is 95.5 cm³/mol. The average molecular weight is 360 g/mol. The molecule has 3 rings (SSSR count). The van der Waals surface area contributed by atoms with Gasteiger partial charge in [-0.2, -0.15) is 0 Å². The SMILES string of the molecule is Cc1ccc(Cl)cc1NC(=O)C[NH+](Cc1ccco1)Cc1ccco1. The van der Waals surface area contributed by atoms with Crippen LogP contribution in [-0.4, -0.2) is 12.5 Å². The second kappa shape index (κ2) is 8.05. The van der Waals surface area contributed by atoms with Gasteiger partial charge >= 0.3 is 0 Å². The second-order valence-electron chi connectivity index (χ2n) is 5.95. The van der Waals surface area contributed by atoms with Gasteiger partial charge in [-0.25, -0.2) is 0 Å². The van der Waals surface area contributed by atoms with Gasteiger partial charge in [-0.15, -0.1) is 0 Å². The third-order valence-electron chi connectivity index (χ3n) is 3.89. The lowest BCUT2D eigenvalue weighted by atomic mass is 10.2. The maximum atomic E-state index is 12.5. The van der Waals surface area contributed by atoms with E-state index < -0.39 is 0 Å². The van der Waals surface area contributed by atoms with Gasteiger partial charge < -0.3 is 19.1 Å². The second-order valence-corrected chi connectivity index (χ2v) is 6.38. The monoisotopic (exact) mass is 359 g/mol. The lowest BCUT2D eigenvalue weighted by Crippen LogP contribution is -3.10. The molecule has 2 N–H and O–H groups in total. The van der Waals surface area contributed by atoms with Crippen LogP contribution in [-0.2, 0) is 17.9 Å². The standard InChI is InChI=1S/C19H19ClN2O3/c1-14-6-7-15(20)10-18(14)21-19(23)13-22(11-16-4-2-8-24-16)12-17-5-3-9-25-17/h2-10H,11-13H2,1H3,(H,21,23)/p+1. The van der Waals surface area contributed by atoms with E-state index in [-0.39, 0.29) is 12.5 Å². The highest BCUT2D eigenvalue weighted by molar-refractivity contribution is 6.31. The number of carbonyl (C=O) groups is 1. The Morgan fingerprint density at radius 1 is 1.08 bits per heavy atom. The molecule has 5 nitrogen and oxygen atoms in total. The number of benzene rings is 1. The lowest BCUT2D eigenvalue weighted by molar-refractivity contribution is -0.921. The molecule has 1 aromatic carbocycles. The molecule has 0 aliphatic carbocycles. The van der Waals surface area contributed by atoms with Gasteiger partial charge in [-0.1, -0.05) is 17.7 Å². The number of anilines is 1. The molecule has 0 bridgehead atoms. The fourth-order valence-corrected chi connectivity index (χ4v) is 2.83. The summed E-state index contributed by atoms with van der Waals surface area (Å²) in [5.41, 5.74) is 1.70. The Hall–Kier alpha value is -2.50. The van der Waals surface area contributed by atoms with E-state index in [1.807, 2.05) is 37.3 Å². The summed E-state index contributed by atoms with van der Waals surface area (Å²) < 4.78 is 10.8. The van der Waals surface area contributed by atoms with E-state index in [1.54, 1.807) is 24.7 Å². The predicted octanol–water partition coefficient (Wildman–Crippen LogP) is 3.06. The van der Waals surface area contributed by atoms with Crippen LogP contribution in [0.25, 0.3) is 0 Å². The van der Waals surface area contributed by atoms with Crippen molar-refractivity contribution in [3.05, 3.63) is 77.1 Å². The first-order valence-corrected chi connectivity index (χ1v) is 8.42. The summed E-state index contributed by atoms with van der Waals surface area (Å²) in [5.74, 6) is 1.57.